The number of benzene rings is 1. The van der Waals surface area contributed by atoms with Gasteiger partial charge in [0, 0.05) is 5.56 Å². The summed E-state index contributed by atoms with van der Waals surface area (Å²) in [6.07, 6.45) is -5.30. The molecule has 8 nitrogen and oxygen atoms in total. The molecule has 3 rings (SSSR count). The molecule has 1 aromatic carbocycles. The average molecular weight is 353 g/mol. The number of aliphatic imine (C=N–C) groups is 1. The van der Waals surface area contributed by atoms with Crippen molar-refractivity contribution in [3.8, 4) is 17.2 Å². The molecular weight excluding hydrogens is 343 g/mol. The molecule has 1 unspecified atom stereocenters. The molecule has 0 bridgehead atoms. The Hall–Kier alpha value is -3.37. The molecule has 1 atom stereocenters. The quantitative estimate of drug-likeness (QED) is 0.614. The van der Waals surface area contributed by atoms with Gasteiger partial charge in [0.1, 0.15) is 5.75 Å². The van der Waals surface area contributed by atoms with Crippen LogP contribution < -0.4 is 16.2 Å². The lowest BCUT2D eigenvalue weighted by atomic mass is 9.98. The van der Waals surface area contributed by atoms with Gasteiger partial charge in [0.25, 0.3) is 11.8 Å². The van der Waals surface area contributed by atoms with Gasteiger partial charge in [-0.3, -0.25) is 4.79 Å². The van der Waals surface area contributed by atoms with Gasteiger partial charge in [-0.1, -0.05) is 17.3 Å². The van der Waals surface area contributed by atoms with Gasteiger partial charge in [-0.25, -0.2) is 0 Å². The van der Waals surface area contributed by atoms with Crippen LogP contribution in [0, 0.1) is 0 Å². The van der Waals surface area contributed by atoms with E-state index in [0.717, 1.165) is 12.4 Å². The topological polar surface area (TPSA) is 130 Å². The monoisotopic (exact) mass is 353 g/mol. The van der Waals surface area contributed by atoms with Gasteiger partial charge in [0.2, 0.25) is 6.10 Å². The van der Waals surface area contributed by atoms with Crippen molar-refractivity contribution in [2.75, 3.05) is 0 Å². The van der Waals surface area contributed by atoms with Crippen LogP contribution in [0.2, 0.25) is 0 Å². The summed E-state index contributed by atoms with van der Waals surface area (Å²) in [4.78, 5) is 18.9. The first-order chi connectivity index (χ1) is 11.8. The maximum absolute atomic E-state index is 13.4. The van der Waals surface area contributed by atoms with Gasteiger partial charge in [0.15, 0.2) is 12.3 Å². The Morgan fingerprint density at radius 1 is 1.28 bits per heavy atom. The number of guanidine groups is 1. The van der Waals surface area contributed by atoms with E-state index in [2.05, 4.69) is 15.1 Å². The number of rotatable bonds is 2. The molecule has 25 heavy (non-hydrogen) atoms. The summed E-state index contributed by atoms with van der Waals surface area (Å²) in [5.74, 6) is -2.06. The van der Waals surface area contributed by atoms with Crippen LogP contribution in [0.1, 0.15) is 5.56 Å². The average Bonchev–Trinajstić information content (AvgIpc) is 3.05. The largest absolute Gasteiger partial charge is 0.474 e. The Bertz CT molecular complexity index is 870. The van der Waals surface area contributed by atoms with E-state index in [-0.39, 0.29) is 22.8 Å². The van der Waals surface area contributed by atoms with Crippen LogP contribution in [0.25, 0.3) is 17.5 Å². The lowest BCUT2D eigenvalue weighted by molar-refractivity contribution is -0.184. The molecule has 11 heteroatoms. The summed E-state index contributed by atoms with van der Waals surface area (Å²) < 4.78 is 50.1. The fourth-order valence-electron chi connectivity index (χ4n) is 2.28. The Balaban J connectivity index is 2.16. The molecule has 1 aromatic heterocycles. The van der Waals surface area contributed by atoms with Crippen LogP contribution in [-0.2, 0) is 4.79 Å². The first kappa shape index (κ1) is 16.5. The van der Waals surface area contributed by atoms with Crippen LogP contribution in [-0.4, -0.2) is 34.3 Å². The van der Waals surface area contributed by atoms with E-state index in [1.807, 2.05) is 0 Å². The third kappa shape index (κ3) is 3.16. The number of alkyl halides is 3. The number of carbonyl (C=O) groups excluding carboxylic acids is 1. The Kier molecular flexibility index (Phi) is 3.91. The maximum Gasteiger partial charge on any atom is 0.429 e. The molecule has 0 radical (unpaired) electrons. The van der Waals surface area contributed by atoms with Crippen LogP contribution in [0.4, 0.5) is 13.2 Å². The van der Waals surface area contributed by atoms with Crippen molar-refractivity contribution in [1.29, 1.82) is 0 Å². The highest BCUT2D eigenvalue weighted by atomic mass is 19.4. The van der Waals surface area contributed by atoms with Crippen molar-refractivity contribution in [2.24, 2.45) is 16.5 Å². The van der Waals surface area contributed by atoms with Crippen molar-refractivity contribution < 1.29 is 27.2 Å². The van der Waals surface area contributed by atoms with Gasteiger partial charge in [-0.05, 0) is 12.1 Å². The van der Waals surface area contributed by atoms with E-state index in [4.69, 9.17) is 20.7 Å². The molecule has 0 fully saturated rings. The lowest BCUT2D eigenvalue weighted by Crippen LogP contribution is -2.40. The summed E-state index contributed by atoms with van der Waals surface area (Å²) in [6.45, 7) is 0. The van der Waals surface area contributed by atoms with Crippen LogP contribution in [0.5, 0.6) is 5.75 Å². The summed E-state index contributed by atoms with van der Waals surface area (Å²) in [7, 11) is 0. The number of nitrogens with two attached hydrogens (primary N) is 2. The van der Waals surface area contributed by atoms with E-state index in [1.54, 1.807) is 0 Å². The second-order valence-corrected chi connectivity index (χ2v) is 4.95. The van der Waals surface area contributed by atoms with Crippen molar-refractivity contribution in [3.05, 3.63) is 35.7 Å². The Labute approximate surface area is 138 Å². The van der Waals surface area contributed by atoms with E-state index >= 15 is 0 Å². The Morgan fingerprint density at radius 3 is 2.64 bits per heavy atom. The zero-order valence-corrected chi connectivity index (χ0v) is 12.3. The highest BCUT2D eigenvalue weighted by Crippen LogP contribution is 2.42. The highest BCUT2D eigenvalue weighted by Gasteiger charge is 2.48. The second-order valence-electron chi connectivity index (χ2n) is 4.95. The van der Waals surface area contributed by atoms with Gasteiger partial charge in [0.05, 0.1) is 11.1 Å². The second kappa shape index (κ2) is 5.92. The number of fused-ring (bicyclic) bond motifs is 1. The molecule has 2 heterocycles. The van der Waals surface area contributed by atoms with Gasteiger partial charge in [-0.2, -0.15) is 23.1 Å². The molecule has 130 valence electrons. The number of hydrogen-bond acceptors (Lipinski definition) is 5. The predicted molar refractivity (Wildman–Crippen MR) is 79.0 cm³/mol. The van der Waals surface area contributed by atoms with Crippen molar-refractivity contribution in [3.63, 3.8) is 0 Å². The minimum atomic E-state index is -4.87. The third-order valence-electron chi connectivity index (χ3n) is 3.24. The minimum absolute atomic E-state index is 0.0230. The molecule has 0 saturated carbocycles. The number of hydrogen-bond donors (Lipinski definition) is 2. The normalized spacial score (nSPS) is 16.4. The highest BCUT2D eigenvalue weighted by molar-refractivity contribution is 6.06. The van der Waals surface area contributed by atoms with E-state index in [9.17, 15) is 18.0 Å². The summed E-state index contributed by atoms with van der Waals surface area (Å²) in [5, 5.41) is 3.41. The SMILES string of the molecule is NC(N)=NC(=O)C1=Cc2cccc(-c3ncno3)c2OC1C(F)(F)F. The first-order valence-corrected chi connectivity index (χ1v) is 6.76. The first-order valence-electron chi connectivity index (χ1n) is 6.76. The molecule has 1 amide bonds. The number of carbonyl (C=O) groups is 1. The van der Waals surface area contributed by atoms with Crippen molar-refractivity contribution in [2.45, 2.75) is 12.3 Å². The van der Waals surface area contributed by atoms with Crippen molar-refractivity contribution >= 4 is 17.9 Å². The molecule has 1 aliphatic rings. The fraction of sp³-hybridized carbons (Fsp3) is 0.143. The molecule has 2 aromatic rings. The molecular formula is C14H10F3N5O3. The number of aromatic nitrogens is 2. The molecule has 4 N–H and O–H groups in total. The van der Waals surface area contributed by atoms with E-state index in [0.29, 0.717) is 0 Å². The maximum atomic E-state index is 13.4. The van der Waals surface area contributed by atoms with Gasteiger partial charge < -0.3 is 20.7 Å². The van der Waals surface area contributed by atoms with Gasteiger partial charge >= 0.3 is 6.18 Å². The Morgan fingerprint density at radius 2 is 2.04 bits per heavy atom. The lowest BCUT2D eigenvalue weighted by Gasteiger charge is -2.28. The van der Waals surface area contributed by atoms with E-state index in [1.165, 1.54) is 18.2 Å². The van der Waals surface area contributed by atoms with Crippen molar-refractivity contribution in [1.82, 2.24) is 10.1 Å². The van der Waals surface area contributed by atoms with Gasteiger partial charge in [-0.15, -0.1) is 0 Å². The van der Waals surface area contributed by atoms with Crippen LogP contribution in [0.3, 0.4) is 0 Å². The molecule has 1 aliphatic heterocycles. The number of ether oxygens (including phenoxy) is 1. The molecule has 0 spiro atoms. The summed E-state index contributed by atoms with van der Waals surface area (Å²) in [5.41, 5.74) is 9.77. The van der Waals surface area contributed by atoms with Crippen LogP contribution >= 0.6 is 0 Å². The van der Waals surface area contributed by atoms with E-state index < -0.39 is 29.7 Å². The summed E-state index contributed by atoms with van der Waals surface area (Å²) >= 11 is 0. The number of halogens is 3. The third-order valence-corrected chi connectivity index (χ3v) is 3.24. The van der Waals surface area contributed by atoms with Crippen LogP contribution in [0.15, 0.2) is 39.6 Å². The molecule has 0 aliphatic carbocycles. The smallest absolute Gasteiger partial charge is 0.429 e. The number of amides is 1. The molecule has 0 saturated heterocycles. The minimum Gasteiger partial charge on any atom is -0.474 e. The number of para-hydroxylation sites is 1. The predicted octanol–water partition coefficient (Wildman–Crippen LogP) is 1.24. The number of nitrogens with zero attached hydrogens (tertiary/aromatic N) is 3. The standard InChI is InChI=1S/C14H10F3N5O3/c15-14(16,17)10-8(11(23)22-13(18)19)4-6-2-1-3-7(9(6)24-10)12-20-5-21-25-12/h1-5,10H,(H4,18,19,22,23). The fourth-order valence-corrected chi connectivity index (χ4v) is 2.28. The summed E-state index contributed by atoms with van der Waals surface area (Å²) in [6, 6.07) is 4.45. The zero-order valence-electron chi connectivity index (χ0n) is 12.3. The zero-order chi connectivity index (χ0) is 18.2.